The van der Waals surface area contributed by atoms with E-state index >= 15 is 0 Å². The number of aromatic hydroxyl groups is 1. The number of benzene rings is 1. The van der Waals surface area contributed by atoms with Crippen molar-refractivity contribution in [2.24, 2.45) is 0 Å². The largest absolute Gasteiger partial charge is 0.508 e. The maximum absolute atomic E-state index is 9.53. The summed E-state index contributed by atoms with van der Waals surface area (Å²) in [5, 5.41) is 13.1. The van der Waals surface area contributed by atoms with Crippen LogP contribution in [0.1, 0.15) is 31.7 Å². The van der Waals surface area contributed by atoms with Crippen molar-refractivity contribution >= 4 is 5.69 Å². The van der Waals surface area contributed by atoms with Gasteiger partial charge in [0.05, 0.1) is 0 Å². The van der Waals surface area contributed by atoms with E-state index in [1.807, 2.05) is 19.1 Å². The van der Waals surface area contributed by atoms with Gasteiger partial charge in [0.25, 0.3) is 0 Å². The highest BCUT2D eigenvalue weighted by Gasteiger charge is 2.15. The fourth-order valence-corrected chi connectivity index (χ4v) is 2.60. The molecule has 100 valence electrons. The fourth-order valence-electron chi connectivity index (χ4n) is 2.60. The second-order valence-corrected chi connectivity index (χ2v) is 5.21. The summed E-state index contributed by atoms with van der Waals surface area (Å²) >= 11 is 0. The van der Waals surface area contributed by atoms with Crippen molar-refractivity contribution in [1.82, 2.24) is 4.90 Å². The van der Waals surface area contributed by atoms with Crippen LogP contribution < -0.4 is 5.32 Å². The van der Waals surface area contributed by atoms with Crippen LogP contribution >= 0.6 is 0 Å². The van der Waals surface area contributed by atoms with Gasteiger partial charge in [-0.1, -0.05) is 6.92 Å². The van der Waals surface area contributed by atoms with Gasteiger partial charge in [0.2, 0.25) is 0 Å². The zero-order valence-corrected chi connectivity index (χ0v) is 11.4. The molecule has 1 heterocycles. The molecule has 18 heavy (non-hydrogen) atoms. The molecule has 3 nitrogen and oxygen atoms in total. The minimum absolute atomic E-state index is 0.374. The standard InChI is InChI=1S/C15H24N2O/c1-3-17-9-4-5-13(8-10-17)16-14-6-7-15(18)12(2)11-14/h6-7,11,13,16,18H,3-5,8-10H2,1-2H3. The molecular formula is C15H24N2O. The maximum atomic E-state index is 9.53. The molecule has 0 bridgehead atoms. The van der Waals surface area contributed by atoms with Crippen molar-refractivity contribution in [1.29, 1.82) is 0 Å². The van der Waals surface area contributed by atoms with Gasteiger partial charge in [-0.2, -0.15) is 0 Å². The highest BCUT2D eigenvalue weighted by Crippen LogP contribution is 2.22. The zero-order chi connectivity index (χ0) is 13.0. The Morgan fingerprint density at radius 1 is 1.33 bits per heavy atom. The summed E-state index contributed by atoms with van der Waals surface area (Å²) in [6.07, 6.45) is 3.70. The van der Waals surface area contributed by atoms with Gasteiger partial charge in [0, 0.05) is 18.3 Å². The molecule has 0 saturated carbocycles. The summed E-state index contributed by atoms with van der Waals surface area (Å²) in [4.78, 5) is 2.52. The van der Waals surface area contributed by atoms with Crippen LogP contribution in [0.5, 0.6) is 5.75 Å². The minimum atomic E-state index is 0.374. The minimum Gasteiger partial charge on any atom is -0.508 e. The lowest BCUT2D eigenvalue weighted by Crippen LogP contribution is -2.26. The van der Waals surface area contributed by atoms with E-state index < -0.39 is 0 Å². The molecule has 1 aromatic rings. The number of phenols is 1. The van der Waals surface area contributed by atoms with Gasteiger partial charge < -0.3 is 15.3 Å². The summed E-state index contributed by atoms with van der Waals surface area (Å²) in [7, 11) is 0. The smallest absolute Gasteiger partial charge is 0.118 e. The number of rotatable bonds is 3. The van der Waals surface area contributed by atoms with Gasteiger partial charge in [0.15, 0.2) is 0 Å². The van der Waals surface area contributed by atoms with Gasteiger partial charge in [-0.05, 0) is 63.0 Å². The quantitative estimate of drug-likeness (QED) is 0.807. The molecule has 3 heteroatoms. The number of phenolic OH excluding ortho intramolecular Hbond substituents is 1. The van der Waals surface area contributed by atoms with Crippen LogP contribution in [0, 0.1) is 6.92 Å². The first-order valence-electron chi connectivity index (χ1n) is 6.97. The van der Waals surface area contributed by atoms with Crippen LogP contribution in [0.15, 0.2) is 18.2 Å². The van der Waals surface area contributed by atoms with E-state index in [4.69, 9.17) is 0 Å². The Balaban J connectivity index is 1.94. The van der Waals surface area contributed by atoms with Gasteiger partial charge in [-0.3, -0.25) is 0 Å². The van der Waals surface area contributed by atoms with Crippen molar-refractivity contribution in [3.05, 3.63) is 23.8 Å². The molecule has 0 amide bonds. The van der Waals surface area contributed by atoms with Crippen LogP contribution in [0.3, 0.4) is 0 Å². The summed E-state index contributed by atoms with van der Waals surface area (Å²) in [5.41, 5.74) is 2.06. The van der Waals surface area contributed by atoms with Crippen molar-refractivity contribution < 1.29 is 5.11 Å². The van der Waals surface area contributed by atoms with E-state index in [0.717, 1.165) is 17.8 Å². The molecule has 2 rings (SSSR count). The molecule has 0 aromatic heterocycles. The Kier molecular flexibility index (Phi) is 4.48. The summed E-state index contributed by atoms with van der Waals surface area (Å²) in [6.45, 7) is 7.74. The Labute approximate surface area is 110 Å². The second kappa shape index (κ2) is 6.10. The lowest BCUT2D eigenvalue weighted by molar-refractivity contribution is 0.300. The Morgan fingerprint density at radius 3 is 2.89 bits per heavy atom. The average Bonchev–Trinajstić information content (AvgIpc) is 2.59. The van der Waals surface area contributed by atoms with Crippen molar-refractivity contribution in [2.45, 2.75) is 39.2 Å². The van der Waals surface area contributed by atoms with E-state index in [1.165, 1.54) is 32.4 Å². The number of aryl methyl sites for hydroxylation is 1. The number of anilines is 1. The summed E-state index contributed by atoms with van der Waals surface area (Å²) < 4.78 is 0. The molecule has 0 radical (unpaired) electrons. The summed E-state index contributed by atoms with van der Waals surface area (Å²) in [6, 6.07) is 6.32. The van der Waals surface area contributed by atoms with E-state index in [1.54, 1.807) is 6.07 Å². The third-order valence-corrected chi connectivity index (χ3v) is 3.84. The molecule has 1 atom stereocenters. The monoisotopic (exact) mass is 248 g/mol. The van der Waals surface area contributed by atoms with Gasteiger partial charge in [-0.25, -0.2) is 0 Å². The van der Waals surface area contributed by atoms with E-state index in [9.17, 15) is 5.11 Å². The maximum Gasteiger partial charge on any atom is 0.118 e. The Hall–Kier alpha value is -1.22. The Morgan fingerprint density at radius 2 is 2.17 bits per heavy atom. The average molecular weight is 248 g/mol. The molecule has 1 aliphatic rings. The molecule has 1 aromatic carbocycles. The predicted molar refractivity (Wildman–Crippen MR) is 76.2 cm³/mol. The number of hydrogen-bond donors (Lipinski definition) is 2. The first-order chi connectivity index (χ1) is 8.69. The van der Waals surface area contributed by atoms with E-state index in [2.05, 4.69) is 17.1 Å². The van der Waals surface area contributed by atoms with Crippen LogP contribution in [0.25, 0.3) is 0 Å². The van der Waals surface area contributed by atoms with Crippen molar-refractivity contribution in [3.8, 4) is 5.75 Å². The predicted octanol–water partition coefficient (Wildman–Crippen LogP) is 2.99. The number of likely N-dealkylation sites (tertiary alicyclic amines) is 1. The third kappa shape index (κ3) is 3.39. The van der Waals surface area contributed by atoms with Crippen LogP contribution in [0.4, 0.5) is 5.69 Å². The first kappa shape index (κ1) is 13.2. The molecule has 2 N–H and O–H groups in total. The molecular weight excluding hydrogens is 224 g/mol. The number of hydrogen-bond acceptors (Lipinski definition) is 3. The van der Waals surface area contributed by atoms with Crippen LogP contribution in [0.2, 0.25) is 0 Å². The Bertz CT molecular complexity index is 392. The van der Waals surface area contributed by atoms with E-state index in [0.29, 0.717) is 11.8 Å². The van der Waals surface area contributed by atoms with Gasteiger partial charge in [0.1, 0.15) is 5.75 Å². The lowest BCUT2D eigenvalue weighted by Gasteiger charge is -2.19. The fraction of sp³-hybridized carbons (Fsp3) is 0.600. The number of nitrogens with one attached hydrogen (secondary N) is 1. The molecule has 1 aliphatic heterocycles. The third-order valence-electron chi connectivity index (χ3n) is 3.84. The van der Waals surface area contributed by atoms with E-state index in [-0.39, 0.29) is 0 Å². The molecule has 0 spiro atoms. The van der Waals surface area contributed by atoms with Crippen molar-refractivity contribution in [2.75, 3.05) is 25.0 Å². The lowest BCUT2D eigenvalue weighted by atomic mass is 10.1. The van der Waals surface area contributed by atoms with Crippen molar-refractivity contribution in [3.63, 3.8) is 0 Å². The molecule has 0 aliphatic carbocycles. The topological polar surface area (TPSA) is 35.5 Å². The highest BCUT2D eigenvalue weighted by atomic mass is 16.3. The highest BCUT2D eigenvalue weighted by molar-refractivity contribution is 5.50. The second-order valence-electron chi connectivity index (χ2n) is 5.21. The normalized spacial score (nSPS) is 21.6. The summed E-state index contributed by atoms with van der Waals surface area (Å²) in [5.74, 6) is 0.374. The molecule has 1 unspecified atom stereocenters. The first-order valence-corrected chi connectivity index (χ1v) is 6.97. The zero-order valence-electron chi connectivity index (χ0n) is 11.4. The number of nitrogens with zero attached hydrogens (tertiary/aromatic N) is 1. The van der Waals surface area contributed by atoms with Crippen LogP contribution in [-0.4, -0.2) is 35.7 Å². The van der Waals surface area contributed by atoms with Crippen LogP contribution in [-0.2, 0) is 0 Å². The molecule has 1 saturated heterocycles. The molecule has 1 fully saturated rings. The van der Waals surface area contributed by atoms with Gasteiger partial charge in [-0.15, -0.1) is 0 Å². The van der Waals surface area contributed by atoms with Gasteiger partial charge >= 0.3 is 0 Å². The SMILES string of the molecule is CCN1CCCC(Nc2ccc(O)c(C)c2)CC1.